The van der Waals surface area contributed by atoms with E-state index in [0.717, 1.165) is 27.5 Å². The Balaban J connectivity index is 2.30. The van der Waals surface area contributed by atoms with Crippen molar-refractivity contribution in [1.82, 2.24) is 4.98 Å². The lowest BCUT2D eigenvalue weighted by molar-refractivity contribution is 0.705. The first kappa shape index (κ1) is 9.34. The maximum Gasteiger partial charge on any atom is 0.119 e. The van der Waals surface area contributed by atoms with Crippen LogP contribution in [0.3, 0.4) is 0 Å². The van der Waals surface area contributed by atoms with Crippen molar-refractivity contribution in [2.45, 2.75) is 11.9 Å². The number of aromatic nitrogens is 1. The molecule has 1 N–H and O–H groups in total. The Morgan fingerprint density at radius 3 is 3.38 bits per heavy atom. The van der Waals surface area contributed by atoms with Gasteiger partial charge in [0, 0.05) is 23.0 Å². The van der Waals surface area contributed by atoms with Crippen molar-refractivity contribution >= 4 is 33.4 Å². The zero-order chi connectivity index (χ0) is 9.26. The van der Waals surface area contributed by atoms with E-state index in [1.165, 1.54) is 0 Å². The molecule has 2 rings (SSSR count). The second kappa shape index (κ2) is 3.88. The molecule has 0 bridgehead atoms. The van der Waals surface area contributed by atoms with Crippen LogP contribution in [0.1, 0.15) is 6.92 Å². The number of thioether (sulfide) groups is 1. The SMILES string of the molecule is CC1CNc2cc(Br)cnc2SC1. The lowest BCUT2D eigenvalue weighted by Crippen LogP contribution is -2.10. The van der Waals surface area contributed by atoms with E-state index in [4.69, 9.17) is 0 Å². The fourth-order valence-electron chi connectivity index (χ4n) is 1.23. The lowest BCUT2D eigenvalue weighted by atomic mass is 10.2. The van der Waals surface area contributed by atoms with Crippen LogP contribution in [0, 0.1) is 5.92 Å². The first-order chi connectivity index (χ1) is 6.25. The number of rotatable bonds is 0. The number of pyridine rings is 1. The molecule has 13 heavy (non-hydrogen) atoms. The summed E-state index contributed by atoms with van der Waals surface area (Å²) in [4.78, 5) is 4.37. The Hall–Kier alpha value is -0.220. The minimum Gasteiger partial charge on any atom is -0.383 e. The van der Waals surface area contributed by atoms with Crippen LogP contribution in [0.15, 0.2) is 21.8 Å². The Morgan fingerprint density at radius 1 is 1.69 bits per heavy atom. The van der Waals surface area contributed by atoms with Gasteiger partial charge in [0.05, 0.1) is 5.69 Å². The predicted molar refractivity (Wildman–Crippen MR) is 60.3 cm³/mol. The molecule has 0 spiro atoms. The molecular formula is C9H11BrN2S. The van der Waals surface area contributed by atoms with E-state index >= 15 is 0 Å². The van der Waals surface area contributed by atoms with Gasteiger partial charge in [-0.2, -0.15) is 0 Å². The van der Waals surface area contributed by atoms with Crippen molar-refractivity contribution in [2.24, 2.45) is 5.92 Å². The van der Waals surface area contributed by atoms with Crippen LogP contribution in [0.5, 0.6) is 0 Å². The lowest BCUT2D eigenvalue weighted by Gasteiger charge is -2.06. The third kappa shape index (κ3) is 2.17. The van der Waals surface area contributed by atoms with Crippen LogP contribution in [0.4, 0.5) is 5.69 Å². The summed E-state index contributed by atoms with van der Waals surface area (Å²) in [5.41, 5.74) is 1.16. The topological polar surface area (TPSA) is 24.9 Å². The minimum absolute atomic E-state index is 0.706. The van der Waals surface area contributed by atoms with Crippen LogP contribution in [-0.4, -0.2) is 17.3 Å². The van der Waals surface area contributed by atoms with Gasteiger partial charge >= 0.3 is 0 Å². The van der Waals surface area contributed by atoms with E-state index in [0.29, 0.717) is 5.92 Å². The van der Waals surface area contributed by atoms with E-state index in [9.17, 15) is 0 Å². The zero-order valence-electron chi connectivity index (χ0n) is 7.38. The second-order valence-electron chi connectivity index (χ2n) is 3.30. The first-order valence-electron chi connectivity index (χ1n) is 4.28. The Bertz CT molecular complexity index is 316. The Morgan fingerprint density at radius 2 is 2.54 bits per heavy atom. The van der Waals surface area contributed by atoms with Gasteiger partial charge in [-0.25, -0.2) is 4.98 Å². The molecular weight excluding hydrogens is 248 g/mol. The molecule has 2 heterocycles. The van der Waals surface area contributed by atoms with Crippen LogP contribution < -0.4 is 5.32 Å². The summed E-state index contributed by atoms with van der Waals surface area (Å²) in [5.74, 6) is 1.85. The third-order valence-electron chi connectivity index (χ3n) is 1.96. The fourth-order valence-corrected chi connectivity index (χ4v) is 2.54. The molecule has 0 aliphatic carbocycles. The van der Waals surface area contributed by atoms with Crippen LogP contribution >= 0.6 is 27.7 Å². The number of hydrogen-bond donors (Lipinski definition) is 1. The number of halogens is 1. The molecule has 0 radical (unpaired) electrons. The number of nitrogens with zero attached hydrogens (tertiary/aromatic N) is 1. The minimum atomic E-state index is 0.706. The van der Waals surface area contributed by atoms with Crippen LogP contribution in [0.25, 0.3) is 0 Å². The monoisotopic (exact) mass is 258 g/mol. The van der Waals surface area contributed by atoms with Crippen molar-refractivity contribution in [1.29, 1.82) is 0 Å². The van der Waals surface area contributed by atoms with Gasteiger partial charge in [-0.3, -0.25) is 0 Å². The molecule has 0 amide bonds. The molecule has 0 saturated carbocycles. The van der Waals surface area contributed by atoms with E-state index < -0.39 is 0 Å². The average Bonchev–Trinajstić information content (AvgIpc) is 2.29. The van der Waals surface area contributed by atoms with E-state index in [1.54, 1.807) is 0 Å². The third-order valence-corrected chi connectivity index (χ3v) is 3.73. The Kier molecular flexibility index (Phi) is 2.79. The van der Waals surface area contributed by atoms with E-state index in [2.05, 4.69) is 39.2 Å². The van der Waals surface area contributed by atoms with E-state index in [1.807, 2.05) is 18.0 Å². The molecule has 4 heteroatoms. The van der Waals surface area contributed by atoms with Gasteiger partial charge in [0.15, 0.2) is 0 Å². The maximum atomic E-state index is 4.37. The Labute approximate surface area is 90.6 Å². The number of hydrogen-bond acceptors (Lipinski definition) is 3. The largest absolute Gasteiger partial charge is 0.383 e. The summed E-state index contributed by atoms with van der Waals surface area (Å²) in [6, 6.07) is 2.09. The van der Waals surface area contributed by atoms with Crippen LogP contribution in [-0.2, 0) is 0 Å². The molecule has 0 fully saturated rings. The molecule has 1 aliphatic heterocycles. The van der Waals surface area contributed by atoms with Crippen molar-refractivity contribution in [3.05, 3.63) is 16.7 Å². The summed E-state index contributed by atoms with van der Waals surface area (Å²) in [6.45, 7) is 3.29. The molecule has 1 aromatic rings. The van der Waals surface area contributed by atoms with Crippen LogP contribution in [0.2, 0.25) is 0 Å². The van der Waals surface area contributed by atoms with Gasteiger partial charge in [0.2, 0.25) is 0 Å². The normalized spacial score (nSPS) is 21.5. The van der Waals surface area contributed by atoms with E-state index in [-0.39, 0.29) is 0 Å². The number of fused-ring (bicyclic) bond motifs is 1. The summed E-state index contributed by atoms with van der Waals surface area (Å²) in [6.07, 6.45) is 1.85. The zero-order valence-corrected chi connectivity index (χ0v) is 9.78. The summed E-state index contributed by atoms with van der Waals surface area (Å²) in [7, 11) is 0. The summed E-state index contributed by atoms with van der Waals surface area (Å²) >= 11 is 5.25. The molecule has 0 aromatic carbocycles. The molecule has 1 aromatic heterocycles. The molecule has 2 nitrogen and oxygen atoms in total. The highest BCUT2D eigenvalue weighted by Gasteiger charge is 2.13. The fraction of sp³-hybridized carbons (Fsp3) is 0.444. The highest BCUT2D eigenvalue weighted by atomic mass is 79.9. The van der Waals surface area contributed by atoms with Gasteiger partial charge in [-0.1, -0.05) is 6.92 Å². The smallest absolute Gasteiger partial charge is 0.119 e. The molecule has 1 unspecified atom stereocenters. The standard InChI is InChI=1S/C9H11BrN2S/c1-6-3-11-8-2-7(10)4-12-9(8)13-5-6/h2,4,6,11H,3,5H2,1H3. The summed E-state index contributed by atoms with van der Waals surface area (Å²) < 4.78 is 1.04. The van der Waals surface area contributed by atoms with Gasteiger partial charge in [-0.15, -0.1) is 11.8 Å². The van der Waals surface area contributed by atoms with Gasteiger partial charge < -0.3 is 5.32 Å². The maximum absolute atomic E-state index is 4.37. The second-order valence-corrected chi connectivity index (χ2v) is 5.23. The van der Waals surface area contributed by atoms with Crippen molar-refractivity contribution in [2.75, 3.05) is 17.6 Å². The van der Waals surface area contributed by atoms with Gasteiger partial charge in [-0.05, 0) is 27.9 Å². The van der Waals surface area contributed by atoms with Gasteiger partial charge in [0.1, 0.15) is 5.03 Å². The molecule has 1 atom stereocenters. The first-order valence-corrected chi connectivity index (χ1v) is 6.06. The molecule has 1 aliphatic rings. The molecule has 0 saturated heterocycles. The highest BCUT2D eigenvalue weighted by Crippen LogP contribution is 2.31. The van der Waals surface area contributed by atoms with Crippen molar-refractivity contribution in [3.63, 3.8) is 0 Å². The quantitative estimate of drug-likeness (QED) is 0.775. The molecule has 70 valence electrons. The van der Waals surface area contributed by atoms with Gasteiger partial charge in [0.25, 0.3) is 0 Å². The number of anilines is 1. The summed E-state index contributed by atoms with van der Waals surface area (Å²) in [5, 5.41) is 4.52. The predicted octanol–water partition coefficient (Wildman–Crippen LogP) is 3.00. The van der Waals surface area contributed by atoms with Crippen molar-refractivity contribution in [3.8, 4) is 0 Å². The number of nitrogens with one attached hydrogen (secondary N) is 1. The highest BCUT2D eigenvalue weighted by molar-refractivity contribution is 9.10. The average molecular weight is 259 g/mol. The van der Waals surface area contributed by atoms with Crippen molar-refractivity contribution < 1.29 is 0 Å².